The number of piperidine rings is 1. The van der Waals surface area contributed by atoms with Gasteiger partial charge in [0.05, 0.1) is 6.04 Å². The van der Waals surface area contributed by atoms with Gasteiger partial charge in [0.25, 0.3) is 0 Å². The van der Waals surface area contributed by atoms with Crippen LogP contribution in [0.3, 0.4) is 0 Å². The molecule has 2 saturated heterocycles. The molecule has 0 aromatic heterocycles. The van der Waals surface area contributed by atoms with Crippen molar-refractivity contribution in [2.75, 3.05) is 45.8 Å². The van der Waals surface area contributed by atoms with Crippen LogP contribution >= 0.6 is 0 Å². The van der Waals surface area contributed by atoms with E-state index >= 15 is 0 Å². The summed E-state index contributed by atoms with van der Waals surface area (Å²) in [5.41, 5.74) is 5.26. The summed E-state index contributed by atoms with van der Waals surface area (Å²) in [5.74, 6) is -3.11. The van der Waals surface area contributed by atoms with Crippen LogP contribution in [0, 0.1) is 5.92 Å². The van der Waals surface area contributed by atoms with Gasteiger partial charge >= 0.3 is 11.9 Å². The molecule has 0 unspecified atom stereocenters. The van der Waals surface area contributed by atoms with Crippen LogP contribution in [0.4, 0.5) is 0 Å². The fourth-order valence-electron chi connectivity index (χ4n) is 5.91. The number of hydrogen-bond donors (Lipinski definition) is 2. The number of carbonyl (C=O) groups is 3. The Kier molecular flexibility index (Phi) is 11.6. The molecule has 0 aliphatic carbocycles. The predicted octanol–water partition coefficient (Wildman–Crippen LogP) is 4.89. The van der Waals surface area contributed by atoms with Crippen molar-refractivity contribution in [3.63, 3.8) is 0 Å². The standard InChI is InChI=1S/C33H39N3O.C2H2O4/c1-27(25-28-11-5-2-6-12-28)26-34-19-17-31(18-20-34)33(37)36-23-21-35(22-24-36)32(29-13-7-3-8-14-29)30-15-9-4-10-16-30;3-1(4)2(5)6/h2-16,25,31-32H,17-24,26H2,1H3;(H,3,4)(H,5,6)/b27-25+;. The van der Waals surface area contributed by atoms with Crippen LogP contribution in [0.2, 0.25) is 0 Å². The summed E-state index contributed by atoms with van der Waals surface area (Å²) in [6, 6.07) is 32.3. The molecule has 2 N–H and O–H groups in total. The fraction of sp³-hybridized carbons (Fsp3) is 0.343. The number of amides is 1. The lowest BCUT2D eigenvalue weighted by Crippen LogP contribution is -2.52. The molecular formula is C35H41N3O5. The second-order valence-corrected chi connectivity index (χ2v) is 11.1. The molecule has 0 radical (unpaired) electrons. The third kappa shape index (κ3) is 9.36. The van der Waals surface area contributed by atoms with E-state index in [4.69, 9.17) is 19.8 Å². The number of carbonyl (C=O) groups excluding carboxylic acids is 1. The number of carboxylic acids is 2. The largest absolute Gasteiger partial charge is 0.473 e. The Morgan fingerprint density at radius 3 is 1.65 bits per heavy atom. The lowest BCUT2D eigenvalue weighted by molar-refractivity contribution is -0.159. The molecule has 2 aliphatic heterocycles. The number of carboxylic acid groups (broad SMARTS) is 2. The Hall–Kier alpha value is -4.27. The zero-order chi connectivity index (χ0) is 30.6. The van der Waals surface area contributed by atoms with Crippen LogP contribution in [-0.2, 0) is 14.4 Å². The maximum absolute atomic E-state index is 13.4. The minimum absolute atomic E-state index is 0.167. The molecule has 0 atom stereocenters. The number of aliphatic carboxylic acids is 2. The van der Waals surface area contributed by atoms with Crippen LogP contribution in [0.15, 0.2) is 96.6 Å². The summed E-state index contributed by atoms with van der Waals surface area (Å²) in [4.78, 5) is 38.8. The van der Waals surface area contributed by atoms with E-state index in [9.17, 15) is 4.79 Å². The molecule has 2 aliphatic rings. The predicted molar refractivity (Wildman–Crippen MR) is 167 cm³/mol. The summed E-state index contributed by atoms with van der Waals surface area (Å²) in [7, 11) is 0. The maximum Gasteiger partial charge on any atom is 0.414 e. The number of likely N-dealkylation sites (tertiary alicyclic amines) is 1. The molecule has 8 heteroatoms. The number of nitrogens with zero attached hydrogens (tertiary/aromatic N) is 3. The van der Waals surface area contributed by atoms with E-state index in [1.807, 2.05) is 0 Å². The highest BCUT2D eigenvalue weighted by atomic mass is 16.4. The van der Waals surface area contributed by atoms with Crippen molar-refractivity contribution >= 4 is 23.9 Å². The molecule has 0 bridgehead atoms. The van der Waals surface area contributed by atoms with Gasteiger partial charge < -0.3 is 15.1 Å². The Bertz CT molecular complexity index is 1300. The second-order valence-electron chi connectivity index (χ2n) is 11.1. The molecule has 3 aromatic carbocycles. The SMILES string of the molecule is C/C(=C\c1ccccc1)CN1CCC(C(=O)N2CCN(C(c3ccccc3)c3ccccc3)CC2)CC1.O=C(O)C(=O)O. The zero-order valence-electron chi connectivity index (χ0n) is 24.7. The average Bonchev–Trinajstić information content (AvgIpc) is 3.03. The lowest BCUT2D eigenvalue weighted by Gasteiger charge is -2.41. The Balaban J connectivity index is 0.000000641. The van der Waals surface area contributed by atoms with E-state index in [0.29, 0.717) is 5.91 Å². The number of benzene rings is 3. The van der Waals surface area contributed by atoms with E-state index in [1.54, 1.807) is 0 Å². The lowest BCUT2D eigenvalue weighted by atomic mass is 9.94. The molecule has 0 saturated carbocycles. The Morgan fingerprint density at radius 1 is 0.721 bits per heavy atom. The number of rotatable bonds is 7. The van der Waals surface area contributed by atoms with Crippen LogP contribution in [0.5, 0.6) is 0 Å². The van der Waals surface area contributed by atoms with E-state index in [1.165, 1.54) is 22.3 Å². The van der Waals surface area contributed by atoms with Crippen molar-refractivity contribution in [1.82, 2.24) is 14.7 Å². The summed E-state index contributed by atoms with van der Waals surface area (Å²) in [6.45, 7) is 8.63. The van der Waals surface area contributed by atoms with Gasteiger partial charge in [0.15, 0.2) is 0 Å². The average molecular weight is 584 g/mol. The first-order chi connectivity index (χ1) is 20.8. The smallest absolute Gasteiger partial charge is 0.414 e. The van der Waals surface area contributed by atoms with Crippen molar-refractivity contribution in [2.24, 2.45) is 5.92 Å². The molecule has 5 rings (SSSR count). The Morgan fingerprint density at radius 2 is 1.19 bits per heavy atom. The molecular weight excluding hydrogens is 542 g/mol. The van der Waals surface area contributed by atoms with E-state index < -0.39 is 11.9 Å². The minimum atomic E-state index is -1.82. The molecule has 0 spiro atoms. The molecule has 3 aromatic rings. The number of piperazine rings is 1. The monoisotopic (exact) mass is 583 g/mol. The van der Waals surface area contributed by atoms with Crippen molar-refractivity contribution in [1.29, 1.82) is 0 Å². The van der Waals surface area contributed by atoms with Crippen LogP contribution < -0.4 is 0 Å². The van der Waals surface area contributed by atoms with E-state index in [0.717, 1.165) is 58.7 Å². The van der Waals surface area contributed by atoms with Crippen molar-refractivity contribution in [3.05, 3.63) is 113 Å². The quantitative estimate of drug-likeness (QED) is 0.382. The van der Waals surface area contributed by atoms with Crippen molar-refractivity contribution in [3.8, 4) is 0 Å². The topological polar surface area (TPSA) is 101 Å². The fourth-order valence-corrected chi connectivity index (χ4v) is 5.91. The third-order valence-electron chi connectivity index (χ3n) is 8.03. The number of hydrogen-bond acceptors (Lipinski definition) is 5. The van der Waals surface area contributed by atoms with Gasteiger partial charge in [-0.2, -0.15) is 0 Å². The van der Waals surface area contributed by atoms with Gasteiger partial charge in [-0.05, 0) is 49.5 Å². The molecule has 8 nitrogen and oxygen atoms in total. The highest BCUT2D eigenvalue weighted by Crippen LogP contribution is 2.30. The molecule has 226 valence electrons. The summed E-state index contributed by atoms with van der Waals surface area (Å²) in [6.07, 6.45) is 4.21. The van der Waals surface area contributed by atoms with Crippen LogP contribution in [-0.4, -0.2) is 88.6 Å². The molecule has 2 fully saturated rings. The summed E-state index contributed by atoms with van der Waals surface area (Å²) >= 11 is 0. The van der Waals surface area contributed by atoms with Crippen molar-refractivity contribution in [2.45, 2.75) is 25.8 Å². The van der Waals surface area contributed by atoms with Gasteiger partial charge in [-0.15, -0.1) is 0 Å². The van der Waals surface area contributed by atoms with Gasteiger partial charge in [-0.3, -0.25) is 14.6 Å². The van der Waals surface area contributed by atoms with Gasteiger partial charge in [0, 0.05) is 38.6 Å². The van der Waals surface area contributed by atoms with Gasteiger partial charge in [0.1, 0.15) is 0 Å². The minimum Gasteiger partial charge on any atom is -0.473 e. The molecule has 1 amide bonds. The second kappa shape index (κ2) is 15.8. The van der Waals surface area contributed by atoms with Gasteiger partial charge in [-0.25, -0.2) is 9.59 Å². The van der Waals surface area contributed by atoms with Crippen LogP contribution in [0.25, 0.3) is 6.08 Å². The van der Waals surface area contributed by atoms with Crippen molar-refractivity contribution < 1.29 is 24.6 Å². The van der Waals surface area contributed by atoms with Crippen LogP contribution in [0.1, 0.15) is 42.5 Å². The highest BCUT2D eigenvalue weighted by Gasteiger charge is 2.32. The first-order valence-electron chi connectivity index (χ1n) is 14.9. The van der Waals surface area contributed by atoms with E-state index in [2.05, 4.69) is 119 Å². The maximum atomic E-state index is 13.4. The highest BCUT2D eigenvalue weighted by molar-refractivity contribution is 6.27. The first kappa shape index (κ1) is 31.7. The summed E-state index contributed by atoms with van der Waals surface area (Å²) in [5, 5.41) is 14.8. The normalized spacial score (nSPS) is 16.8. The molecule has 2 heterocycles. The van der Waals surface area contributed by atoms with E-state index in [-0.39, 0.29) is 12.0 Å². The zero-order valence-corrected chi connectivity index (χ0v) is 24.7. The first-order valence-corrected chi connectivity index (χ1v) is 14.9. The van der Waals surface area contributed by atoms with Gasteiger partial charge in [0.2, 0.25) is 5.91 Å². The Labute approximate surface area is 253 Å². The summed E-state index contributed by atoms with van der Waals surface area (Å²) < 4.78 is 0. The third-order valence-corrected chi connectivity index (χ3v) is 8.03. The molecule has 43 heavy (non-hydrogen) atoms. The van der Waals surface area contributed by atoms with Gasteiger partial charge in [-0.1, -0.05) is 103 Å².